The SMILES string of the molecule is C=CCc1ccc(OCCCN2CCC(C(=O)OCC)CC2)c(OC)c1.Cl. The van der Waals surface area contributed by atoms with E-state index in [2.05, 4.69) is 11.5 Å². The number of ether oxygens (including phenoxy) is 3. The zero-order valence-corrected chi connectivity index (χ0v) is 17.3. The molecule has 0 radical (unpaired) electrons. The molecule has 2 rings (SSSR count). The molecule has 0 spiro atoms. The van der Waals surface area contributed by atoms with Crippen LogP contribution in [0.2, 0.25) is 0 Å². The van der Waals surface area contributed by atoms with Gasteiger partial charge in [0.05, 0.1) is 26.2 Å². The molecule has 1 aromatic rings. The van der Waals surface area contributed by atoms with Crippen molar-refractivity contribution in [2.24, 2.45) is 5.92 Å². The maximum Gasteiger partial charge on any atom is 0.309 e. The summed E-state index contributed by atoms with van der Waals surface area (Å²) in [6.45, 7) is 9.60. The fourth-order valence-electron chi connectivity index (χ4n) is 3.25. The third-order valence-corrected chi connectivity index (χ3v) is 4.69. The first kappa shape index (κ1) is 23.3. The molecule has 6 heteroatoms. The lowest BCUT2D eigenvalue weighted by Crippen LogP contribution is -2.37. The van der Waals surface area contributed by atoms with Crippen LogP contribution in [0.3, 0.4) is 0 Å². The predicted octanol–water partition coefficient (Wildman–Crippen LogP) is 3.89. The van der Waals surface area contributed by atoms with Gasteiger partial charge in [0.25, 0.3) is 0 Å². The molecular weight excluding hydrogens is 366 g/mol. The second-order valence-corrected chi connectivity index (χ2v) is 6.55. The summed E-state index contributed by atoms with van der Waals surface area (Å²) in [5, 5.41) is 0. The van der Waals surface area contributed by atoms with E-state index in [1.165, 1.54) is 0 Å². The molecule has 5 nitrogen and oxygen atoms in total. The Kier molecular flexibility index (Phi) is 10.9. The number of piperidine rings is 1. The van der Waals surface area contributed by atoms with Gasteiger partial charge in [-0.05, 0) is 63.4 Å². The normalized spacial score (nSPS) is 14.9. The van der Waals surface area contributed by atoms with E-state index in [1.807, 2.05) is 31.2 Å². The molecule has 1 aliphatic rings. The summed E-state index contributed by atoms with van der Waals surface area (Å²) in [6.07, 6.45) is 5.41. The minimum atomic E-state index is -0.0394. The van der Waals surface area contributed by atoms with Crippen LogP contribution in [0, 0.1) is 5.92 Å². The highest BCUT2D eigenvalue weighted by Gasteiger charge is 2.25. The number of halogens is 1. The highest BCUT2D eigenvalue weighted by molar-refractivity contribution is 5.85. The van der Waals surface area contributed by atoms with Crippen LogP contribution in [0.15, 0.2) is 30.9 Å². The average molecular weight is 398 g/mol. The summed E-state index contributed by atoms with van der Waals surface area (Å²) >= 11 is 0. The third-order valence-electron chi connectivity index (χ3n) is 4.69. The van der Waals surface area contributed by atoms with Crippen LogP contribution < -0.4 is 9.47 Å². The van der Waals surface area contributed by atoms with Gasteiger partial charge in [-0.1, -0.05) is 12.1 Å². The van der Waals surface area contributed by atoms with Gasteiger partial charge in [0.15, 0.2) is 11.5 Å². The maximum atomic E-state index is 11.8. The molecule has 0 bridgehead atoms. The molecule has 152 valence electrons. The van der Waals surface area contributed by atoms with Crippen LogP contribution >= 0.6 is 12.4 Å². The number of benzene rings is 1. The summed E-state index contributed by atoms with van der Waals surface area (Å²) in [5.74, 6) is 1.57. The monoisotopic (exact) mass is 397 g/mol. The Morgan fingerprint density at radius 2 is 2.04 bits per heavy atom. The standard InChI is InChI=1S/C21H31NO4.ClH/c1-4-7-17-8-9-19(20(16-17)24-3)26-15-6-12-22-13-10-18(11-14-22)21(23)25-5-2;/h4,8-9,16,18H,1,5-7,10-15H2,2-3H3;1H. The molecule has 1 heterocycles. The largest absolute Gasteiger partial charge is 0.493 e. The molecule has 0 amide bonds. The summed E-state index contributed by atoms with van der Waals surface area (Å²) in [4.78, 5) is 14.2. The molecule has 0 aromatic heterocycles. The van der Waals surface area contributed by atoms with E-state index < -0.39 is 0 Å². The molecule has 1 saturated heterocycles. The summed E-state index contributed by atoms with van der Waals surface area (Å²) in [5.41, 5.74) is 1.16. The Balaban J connectivity index is 0.00000364. The first-order valence-corrected chi connectivity index (χ1v) is 9.47. The molecule has 1 aliphatic heterocycles. The van der Waals surface area contributed by atoms with E-state index in [4.69, 9.17) is 14.2 Å². The van der Waals surface area contributed by atoms with Gasteiger partial charge in [-0.2, -0.15) is 0 Å². The molecule has 27 heavy (non-hydrogen) atoms. The quantitative estimate of drug-likeness (QED) is 0.340. The Morgan fingerprint density at radius 1 is 1.30 bits per heavy atom. The van der Waals surface area contributed by atoms with Crippen molar-refractivity contribution in [1.82, 2.24) is 4.90 Å². The van der Waals surface area contributed by atoms with Crippen LogP contribution in [0.1, 0.15) is 31.7 Å². The van der Waals surface area contributed by atoms with Crippen molar-refractivity contribution in [2.45, 2.75) is 32.6 Å². The fraction of sp³-hybridized carbons (Fsp3) is 0.571. The topological polar surface area (TPSA) is 48.0 Å². The number of nitrogens with zero attached hydrogens (tertiary/aromatic N) is 1. The number of likely N-dealkylation sites (tertiary alicyclic amines) is 1. The van der Waals surface area contributed by atoms with E-state index >= 15 is 0 Å². The van der Waals surface area contributed by atoms with Crippen molar-refractivity contribution in [3.8, 4) is 11.5 Å². The van der Waals surface area contributed by atoms with Gasteiger partial charge in [0, 0.05) is 6.54 Å². The number of rotatable bonds is 10. The van der Waals surface area contributed by atoms with Crippen molar-refractivity contribution in [2.75, 3.05) is 40.0 Å². The third kappa shape index (κ3) is 7.43. The number of hydrogen-bond acceptors (Lipinski definition) is 5. The zero-order valence-electron chi connectivity index (χ0n) is 16.4. The first-order chi connectivity index (χ1) is 12.7. The highest BCUT2D eigenvalue weighted by atomic mass is 35.5. The number of allylic oxidation sites excluding steroid dienone is 1. The maximum absolute atomic E-state index is 11.8. The summed E-state index contributed by atoms with van der Waals surface area (Å²) < 4.78 is 16.4. The number of carbonyl (C=O) groups excluding carboxylic acids is 1. The van der Waals surface area contributed by atoms with Crippen LogP contribution in [0.5, 0.6) is 11.5 Å². The molecule has 0 atom stereocenters. The lowest BCUT2D eigenvalue weighted by atomic mass is 9.97. The van der Waals surface area contributed by atoms with E-state index in [0.29, 0.717) is 13.2 Å². The van der Waals surface area contributed by atoms with Crippen LogP contribution in [-0.2, 0) is 16.0 Å². The van der Waals surface area contributed by atoms with Gasteiger partial charge in [-0.25, -0.2) is 0 Å². The van der Waals surface area contributed by atoms with Gasteiger partial charge in [0.2, 0.25) is 0 Å². The molecule has 0 aliphatic carbocycles. The van der Waals surface area contributed by atoms with Gasteiger partial charge in [-0.15, -0.1) is 19.0 Å². The van der Waals surface area contributed by atoms with Gasteiger partial charge in [0.1, 0.15) is 0 Å². The average Bonchev–Trinajstić information content (AvgIpc) is 2.67. The van der Waals surface area contributed by atoms with Crippen molar-refractivity contribution < 1.29 is 19.0 Å². The first-order valence-electron chi connectivity index (χ1n) is 9.47. The fourth-order valence-corrected chi connectivity index (χ4v) is 3.25. The summed E-state index contributed by atoms with van der Waals surface area (Å²) in [6, 6.07) is 6.00. The lowest BCUT2D eigenvalue weighted by molar-refractivity contribution is -0.149. The Bertz CT molecular complexity index is 586. The molecule has 1 aromatic carbocycles. The minimum Gasteiger partial charge on any atom is -0.493 e. The molecule has 0 saturated carbocycles. The van der Waals surface area contributed by atoms with E-state index in [-0.39, 0.29) is 24.3 Å². The van der Waals surface area contributed by atoms with Crippen molar-refractivity contribution >= 4 is 18.4 Å². The summed E-state index contributed by atoms with van der Waals surface area (Å²) in [7, 11) is 1.66. The second-order valence-electron chi connectivity index (χ2n) is 6.55. The van der Waals surface area contributed by atoms with Crippen LogP contribution in [0.4, 0.5) is 0 Å². The lowest BCUT2D eigenvalue weighted by Gasteiger charge is -2.30. The Hall–Kier alpha value is -1.72. The number of methoxy groups -OCH3 is 1. The highest BCUT2D eigenvalue weighted by Crippen LogP contribution is 2.28. The number of esters is 1. The van der Waals surface area contributed by atoms with Crippen molar-refractivity contribution in [3.63, 3.8) is 0 Å². The van der Waals surface area contributed by atoms with Gasteiger partial charge >= 0.3 is 5.97 Å². The molecular formula is C21H32ClNO4. The van der Waals surface area contributed by atoms with E-state index in [0.717, 1.165) is 62.4 Å². The molecule has 1 fully saturated rings. The second kappa shape index (κ2) is 12.6. The smallest absolute Gasteiger partial charge is 0.309 e. The van der Waals surface area contributed by atoms with E-state index in [1.54, 1.807) is 7.11 Å². The minimum absolute atomic E-state index is 0. The molecule has 0 unspecified atom stereocenters. The van der Waals surface area contributed by atoms with Crippen molar-refractivity contribution in [1.29, 1.82) is 0 Å². The number of hydrogen-bond donors (Lipinski definition) is 0. The van der Waals surface area contributed by atoms with Gasteiger partial charge < -0.3 is 19.1 Å². The molecule has 0 N–H and O–H groups in total. The van der Waals surface area contributed by atoms with E-state index in [9.17, 15) is 4.79 Å². The van der Waals surface area contributed by atoms with Crippen LogP contribution in [-0.4, -0.2) is 50.8 Å². The Labute approximate surface area is 169 Å². The predicted molar refractivity (Wildman–Crippen MR) is 110 cm³/mol. The van der Waals surface area contributed by atoms with Crippen molar-refractivity contribution in [3.05, 3.63) is 36.4 Å². The van der Waals surface area contributed by atoms with Crippen LogP contribution in [0.25, 0.3) is 0 Å². The Morgan fingerprint density at radius 3 is 2.67 bits per heavy atom. The zero-order chi connectivity index (χ0) is 18.8. The van der Waals surface area contributed by atoms with Gasteiger partial charge in [-0.3, -0.25) is 4.79 Å². The number of carbonyl (C=O) groups is 1.